The molecule has 0 spiro atoms. The summed E-state index contributed by atoms with van der Waals surface area (Å²) in [5.74, 6) is -4.04. The van der Waals surface area contributed by atoms with Crippen LogP contribution in [0.4, 0.5) is 0 Å². The van der Waals surface area contributed by atoms with Crippen molar-refractivity contribution in [2.45, 2.75) is 155 Å². The molecule has 0 aliphatic rings. The van der Waals surface area contributed by atoms with E-state index in [4.69, 9.17) is 20.3 Å². The number of amides is 2. The lowest BCUT2D eigenvalue weighted by Gasteiger charge is -2.14. The molecular formula is C36H67N3O10. The number of ketones is 2. The SMILES string of the molecule is CC(C)C(=O)COCCOCCNC(=O)C(=O)CC[C@H](NC(=O)CCCCCCCCCCCCCCCCC(=O)O)C(=O)O.CC(C)N. The number of carboxylic acids is 2. The number of Topliss-reactive ketones (excluding diaryl/α,β-unsaturated/α-hetero) is 2. The van der Waals surface area contributed by atoms with E-state index in [1.807, 2.05) is 13.8 Å². The Morgan fingerprint density at radius 1 is 0.633 bits per heavy atom. The van der Waals surface area contributed by atoms with Crippen molar-refractivity contribution in [3.8, 4) is 0 Å². The van der Waals surface area contributed by atoms with Crippen molar-refractivity contribution < 1.29 is 48.5 Å². The van der Waals surface area contributed by atoms with E-state index in [0.29, 0.717) is 12.5 Å². The van der Waals surface area contributed by atoms with Crippen LogP contribution in [0.15, 0.2) is 0 Å². The highest BCUT2D eigenvalue weighted by molar-refractivity contribution is 6.36. The molecule has 0 aromatic rings. The van der Waals surface area contributed by atoms with Crippen LogP contribution in [-0.4, -0.2) is 90.6 Å². The van der Waals surface area contributed by atoms with Gasteiger partial charge in [-0.05, 0) is 25.3 Å². The Hall–Kier alpha value is -2.90. The molecule has 0 aromatic heterocycles. The number of nitrogens with two attached hydrogens (primary N) is 1. The zero-order chi connectivity index (χ0) is 37.3. The third-order valence-electron chi connectivity index (χ3n) is 7.38. The minimum atomic E-state index is -1.25. The van der Waals surface area contributed by atoms with Gasteiger partial charge in [-0.1, -0.05) is 105 Å². The van der Waals surface area contributed by atoms with Crippen molar-refractivity contribution in [2.75, 3.05) is 33.0 Å². The number of carbonyl (C=O) groups excluding carboxylic acids is 4. The van der Waals surface area contributed by atoms with Gasteiger partial charge in [-0.3, -0.25) is 24.0 Å². The van der Waals surface area contributed by atoms with Crippen LogP contribution in [0.3, 0.4) is 0 Å². The van der Waals surface area contributed by atoms with Gasteiger partial charge in [0.2, 0.25) is 11.7 Å². The number of hydrogen-bond acceptors (Lipinski definition) is 9. The average molecular weight is 702 g/mol. The van der Waals surface area contributed by atoms with Crippen LogP contribution < -0.4 is 16.4 Å². The van der Waals surface area contributed by atoms with E-state index in [1.165, 1.54) is 38.5 Å². The van der Waals surface area contributed by atoms with Gasteiger partial charge in [0.1, 0.15) is 12.6 Å². The fourth-order valence-electron chi connectivity index (χ4n) is 4.49. The minimum Gasteiger partial charge on any atom is -0.481 e. The number of nitrogens with one attached hydrogen (secondary N) is 2. The second kappa shape index (κ2) is 33.6. The molecule has 0 heterocycles. The van der Waals surface area contributed by atoms with Gasteiger partial charge >= 0.3 is 11.9 Å². The van der Waals surface area contributed by atoms with Crippen LogP contribution in [-0.2, 0) is 38.2 Å². The van der Waals surface area contributed by atoms with E-state index < -0.39 is 29.7 Å². The van der Waals surface area contributed by atoms with Gasteiger partial charge in [0, 0.05) is 31.7 Å². The van der Waals surface area contributed by atoms with Crippen molar-refractivity contribution in [1.82, 2.24) is 10.6 Å². The normalized spacial score (nSPS) is 11.5. The van der Waals surface area contributed by atoms with E-state index in [-0.39, 0.29) is 76.3 Å². The molecular weight excluding hydrogens is 634 g/mol. The fraction of sp³-hybridized carbons (Fsp3) is 0.833. The predicted molar refractivity (Wildman–Crippen MR) is 189 cm³/mol. The van der Waals surface area contributed by atoms with Gasteiger partial charge in [0.15, 0.2) is 5.78 Å². The van der Waals surface area contributed by atoms with Crippen molar-refractivity contribution in [2.24, 2.45) is 11.7 Å². The van der Waals surface area contributed by atoms with Gasteiger partial charge < -0.3 is 36.1 Å². The molecule has 0 saturated carbocycles. The van der Waals surface area contributed by atoms with Crippen molar-refractivity contribution in [1.29, 1.82) is 0 Å². The molecule has 286 valence electrons. The topological polar surface area (TPSA) is 211 Å². The fourth-order valence-corrected chi connectivity index (χ4v) is 4.49. The monoisotopic (exact) mass is 701 g/mol. The Morgan fingerprint density at radius 2 is 1.08 bits per heavy atom. The summed E-state index contributed by atoms with van der Waals surface area (Å²) in [4.78, 5) is 69.8. The molecule has 1 atom stereocenters. The van der Waals surface area contributed by atoms with Crippen molar-refractivity contribution in [3.05, 3.63) is 0 Å². The predicted octanol–water partition coefficient (Wildman–Crippen LogP) is 4.96. The molecule has 13 heteroatoms. The maximum Gasteiger partial charge on any atom is 0.326 e. The molecule has 49 heavy (non-hydrogen) atoms. The Kier molecular flexibility index (Phi) is 33.1. The number of hydrogen-bond donors (Lipinski definition) is 5. The summed E-state index contributed by atoms with van der Waals surface area (Å²) in [6.45, 7) is 8.20. The lowest BCUT2D eigenvalue weighted by molar-refractivity contribution is -0.143. The molecule has 0 aliphatic carbocycles. The Balaban J connectivity index is 0. The summed E-state index contributed by atoms with van der Waals surface area (Å²) >= 11 is 0. The van der Waals surface area contributed by atoms with Gasteiger partial charge in [0.05, 0.1) is 19.8 Å². The highest BCUT2D eigenvalue weighted by atomic mass is 16.5. The smallest absolute Gasteiger partial charge is 0.326 e. The maximum atomic E-state index is 12.2. The summed E-state index contributed by atoms with van der Waals surface area (Å²) in [7, 11) is 0. The molecule has 0 saturated heterocycles. The lowest BCUT2D eigenvalue weighted by atomic mass is 10.0. The number of aliphatic carboxylic acids is 2. The van der Waals surface area contributed by atoms with Crippen LogP contribution in [0.1, 0.15) is 143 Å². The average Bonchev–Trinajstić information content (AvgIpc) is 3.02. The molecule has 0 radical (unpaired) electrons. The summed E-state index contributed by atoms with van der Waals surface area (Å²) in [6.07, 6.45) is 15.0. The van der Waals surface area contributed by atoms with Crippen LogP contribution in [0.5, 0.6) is 0 Å². The van der Waals surface area contributed by atoms with E-state index in [2.05, 4.69) is 10.6 Å². The second-order valence-electron chi connectivity index (χ2n) is 13.0. The molecule has 0 unspecified atom stereocenters. The first-order chi connectivity index (χ1) is 23.3. The molecule has 2 amide bonds. The Bertz CT molecular complexity index is 909. The molecule has 0 bridgehead atoms. The van der Waals surface area contributed by atoms with Crippen molar-refractivity contribution >= 4 is 35.3 Å². The number of carbonyl (C=O) groups is 6. The summed E-state index contributed by atoms with van der Waals surface area (Å²) in [5, 5.41) is 22.9. The molecule has 13 nitrogen and oxygen atoms in total. The van der Waals surface area contributed by atoms with Gasteiger partial charge in [-0.25, -0.2) is 4.79 Å². The van der Waals surface area contributed by atoms with E-state index in [9.17, 15) is 33.9 Å². The van der Waals surface area contributed by atoms with Crippen LogP contribution in [0.25, 0.3) is 0 Å². The Morgan fingerprint density at radius 3 is 1.53 bits per heavy atom. The first kappa shape index (κ1) is 48.2. The summed E-state index contributed by atoms with van der Waals surface area (Å²) < 4.78 is 10.5. The third-order valence-corrected chi connectivity index (χ3v) is 7.38. The largest absolute Gasteiger partial charge is 0.481 e. The zero-order valence-electron chi connectivity index (χ0n) is 30.7. The molecule has 6 N–H and O–H groups in total. The number of unbranched alkanes of at least 4 members (excludes halogenated alkanes) is 13. The van der Waals surface area contributed by atoms with Gasteiger partial charge in [-0.2, -0.15) is 0 Å². The molecule has 0 fully saturated rings. The van der Waals surface area contributed by atoms with Crippen LogP contribution >= 0.6 is 0 Å². The lowest BCUT2D eigenvalue weighted by Crippen LogP contribution is -2.42. The first-order valence-electron chi connectivity index (χ1n) is 18.3. The molecule has 0 rings (SSSR count). The van der Waals surface area contributed by atoms with E-state index >= 15 is 0 Å². The van der Waals surface area contributed by atoms with E-state index in [0.717, 1.165) is 44.9 Å². The van der Waals surface area contributed by atoms with E-state index in [1.54, 1.807) is 13.8 Å². The summed E-state index contributed by atoms with van der Waals surface area (Å²) in [5.41, 5.74) is 5.11. The quantitative estimate of drug-likeness (QED) is 0.0467. The first-order valence-corrected chi connectivity index (χ1v) is 18.3. The number of ether oxygens (including phenoxy) is 2. The van der Waals surface area contributed by atoms with Gasteiger partial charge in [-0.15, -0.1) is 0 Å². The maximum absolute atomic E-state index is 12.2. The minimum absolute atomic E-state index is 0.00185. The number of rotatable bonds is 32. The standard InChI is InChI=1S/C33H58N2O10.C3H9N/c1-26(2)29(37)25-45-24-23-44-22-21-34-32(41)28(36)20-19-27(33(42)43)35-30(38)17-15-13-11-9-7-5-3-4-6-8-10-12-14-16-18-31(39)40;1-3(2)4/h26-27H,3-25H2,1-2H3,(H,34,41)(H,35,38)(H,39,40)(H,42,43);3H,4H2,1-2H3/t27-;/m0./s1. The molecule has 0 aromatic carbocycles. The van der Waals surface area contributed by atoms with Gasteiger partial charge in [0.25, 0.3) is 5.91 Å². The Labute approximate surface area is 294 Å². The number of carboxylic acid groups (broad SMARTS) is 2. The third kappa shape index (κ3) is 36.2. The van der Waals surface area contributed by atoms with Crippen molar-refractivity contribution in [3.63, 3.8) is 0 Å². The highest BCUT2D eigenvalue weighted by Crippen LogP contribution is 2.14. The highest BCUT2D eigenvalue weighted by Gasteiger charge is 2.23. The second-order valence-corrected chi connectivity index (χ2v) is 13.0. The van der Waals surface area contributed by atoms with Crippen LogP contribution in [0.2, 0.25) is 0 Å². The summed E-state index contributed by atoms with van der Waals surface area (Å²) in [6, 6.07) is -0.905. The zero-order valence-corrected chi connectivity index (χ0v) is 30.7. The molecule has 0 aliphatic heterocycles. The van der Waals surface area contributed by atoms with Crippen LogP contribution in [0, 0.1) is 5.92 Å².